The van der Waals surface area contributed by atoms with Crippen molar-refractivity contribution in [2.24, 2.45) is 5.73 Å². The highest BCUT2D eigenvalue weighted by Gasteiger charge is 2.15. The molecule has 2 aromatic rings. The third kappa shape index (κ3) is 7.70. The lowest BCUT2D eigenvalue weighted by Gasteiger charge is -2.18. The molecule has 1 unspecified atom stereocenters. The molecule has 0 heterocycles. The van der Waals surface area contributed by atoms with Crippen LogP contribution in [0.1, 0.15) is 22.7 Å². The number of aryl methyl sites for hydroxylation is 1. The number of nitrogens with zero attached hydrogens (tertiary/aromatic N) is 1. The van der Waals surface area contributed by atoms with Gasteiger partial charge in [-0.05, 0) is 37.2 Å². The first kappa shape index (κ1) is 24.3. The summed E-state index contributed by atoms with van der Waals surface area (Å²) in [6, 6.07) is 13.4. The zero-order valence-corrected chi connectivity index (χ0v) is 16.6. The van der Waals surface area contributed by atoms with Crippen LogP contribution in [0.25, 0.3) is 0 Å². The Morgan fingerprint density at radius 2 is 1.69 bits per heavy atom. The predicted octanol–water partition coefficient (Wildman–Crippen LogP) is 3.23. The van der Waals surface area contributed by atoms with Crippen molar-refractivity contribution in [2.75, 3.05) is 20.1 Å². The summed E-state index contributed by atoms with van der Waals surface area (Å²) in [7, 11) is 1.95. The second-order valence-corrected chi connectivity index (χ2v) is 6.04. The quantitative estimate of drug-likeness (QED) is 0.748. The first-order valence-electron chi connectivity index (χ1n) is 7.98. The van der Waals surface area contributed by atoms with E-state index in [2.05, 4.69) is 10.2 Å². The Bertz CT molecular complexity index is 665. The zero-order valence-electron chi connectivity index (χ0n) is 14.9. The number of nitrogens with one attached hydrogen (secondary N) is 1. The van der Waals surface area contributed by atoms with E-state index in [1.165, 1.54) is 12.1 Å². The van der Waals surface area contributed by atoms with Crippen LogP contribution in [0, 0.1) is 12.7 Å². The number of benzene rings is 2. The minimum Gasteiger partial charge on any atom is -0.353 e. The van der Waals surface area contributed by atoms with Gasteiger partial charge in [0.1, 0.15) is 11.9 Å². The number of hydrogen-bond donors (Lipinski definition) is 2. The van der Waals surface area contributed by atoms with Crippen molar-refractivity contribution < 1.29 is 9.18 Å². The molecule has 144 valence electrons. The second kappa shape index (κ2) is 11.9. The highest BCUT2D eigenvalue weighted by molar-refractivity contribution is 5.85. The van der Waals surface area contributed by atoms with Crippen molar-refractivity contribution in [2.45, 2.75) is 19.5 Å². The molecule has 0 radical (unpaired) electrons. The van der Waals surface area contributed by atoms with E-state index in [4.69, 9.17) is 5.73 Å². The molecule has 2 aromatic carbocycles. The van der Waals surface area contributed by atoms with Crippen molar-refractivity contribution in [3.8, 4) is 0 Å². The molecule has 4 nitrogen and oxygen atoms in total. The molecule has 0 aromatic heterocycles. The number of halogens is 3. The van der Waals surface area contributed by atoms with Crippen LogP contribution in [-0.4, -0.2) is 30.9 Å². The lowest BCUT2D eigenvalue weighted by molar-refractivity contribution is -0.122. The largest absolute Gasteiger partial charge is 0.353 e. The minimum atomic E-state index is -0.659. The van der Waals surface area contributed by atoms with Crippen molar-refractivity contribution in [1.82, 2.24) is 10.2 Å². The number of nitrogens with two attached hydrogens (primary N) is 1. The van der Waals surface area contributed by atoms with Gasteiger partial charge in [-0.3, -0.25) is 4.79 Å². The molecule has 0 aliphatic rings. The van der Waals surface area contributed by atoms with E-state index in [0.29, 0.717) is 19.6 Å². The molecule has 0 saturated heterocycles. The summed E-state index contributed by atoms with van der Waals surface area (Å²) in [6.07, 6.45) is 0. The van der Waals surface area contributed by atoms with Crippen LogP contribution in [0.2, 0.25) is 0 Å². The van der Waals surface area contributed by atoms with Crippen LogP contribution in [0.15, 0.2) is 48.5 Å². The maximum absolute atomic E-state index is 12.9. The fraction of sp³-hybridized carbons (Fsp3) is 0.316. The van der Waals surface area contributed by atoms with Gasteiger partial charge in [0.05, 0.1) is 0 Å². The Kier molecular flexibility index (Phi) is 11.1. The molecule has 7 heteroatoms. The van der Waals surface area contributed by atoms with Gasteiger partial charge in [0.2, 0.25) is 5.91 Å². The van der Waals surface area contributed by atoms with Crippen molar-refractivity contribution in [3.05, 3.63) is 71.0 Å². The zero-order chi connectivity index (χ0) is 17.5. The first-order chi connectivity index (χ1) is 11.5. The van der Waals surface area contributed by atoms with Gasteiger partial charge in [0.15, 0.2) is 0 Å². The number of rotatable bonds is 7. The SMILES string of the molecule is Cc1ccc(C(N)C(=O)NCCN(C)Cc2ccc(F)cc2)cc1.Cl.Cl. The number of carbonyl (C=O) groups is 1. The molecular weight excluding hydrogens is 376 g/mol. The van der Waals surface area contributed by atoms with Gasteiger partial charge in [0.25, 0.3) is 0 Å². The highest BCUT2D eigenvalue weighted by Crippen LogP contribution is 2.11. The Hall–Kier alpha value is -1.66. The Balaban J connectivity index is 0.00000312. The molecule has 26 heavy (non-hydrogen) atoms. The van der Waals surface area contributed by atoms with Crippen LogP contribution in [0.5, 0.6) is 0 Å². The summed E-state index contributed by atoms with van der Waals surface area (Å²) in [6.45, 7) is 3.88. The topological polar surface area (TPSA) is 58.4 Å². The molecule has 3 N–H and O–H groups in total. The Morgan fingerprint density at radius 1 is 1.12 bits per heavy atom. The average molecular weight is 402 g/mol. The van der Waals surface area contributed by atoms with E-state index >= 15 is 0 Å². The summed E-state index contributed by atoms with van der Waals surface area (Å²) in [4.78, 5) is 14.2. The summed E-state index contributed by atoms with van der Waals surface area (Å²) in [5, 5.41) is 2.86. The third-order valence-electron chi connectivity index (χ3n) is 3.88. The summed E-state index contributed by atoms with van der Waals surface area (Å²) >= 11 is 0. The average Bonchev–Trinajstić information content (AvgIpc) is 2.57. The summed E-state index contributed by atoms with van der Waals surface area (Å²) in [5.74, 6) is -0.423. The lowest BCUT2D eigenvalue weighted by Crippen LogP contribution is -2.38. The molecule has 0 spiro atoms. The Labute approximate surface area is 166 Å². The molecule has 2 rings (SSSR count). The van der Waals surface area contributed by atoms with Gasteiger partial charge in [-0.2, -0.15) is 0 Å². The lowest BCUT2D eigenvalue weighted by atomic mass is 10.1. The standard InChI is InChI=1S/C19H24FN3O.2ClH/c1-14-3-7-16(8-4-14)18(21)19(24)22-11-12-23(2)13-15-5-9-17(20)10-6-15;;/h3-10,18H,11-13,21H2,1-2H3,(H,22,24);2*1H. The van der Waals surface area contributed by atoms with Gasteiger partial charge in [-0.15, -0.1) is 24.8 Å². The van der Waals surface area contributed by atoms with Crippen LogP contribution < -0.4 is 11.1 Å². The van der Waals surface area contributed by atoms with E-state index < -0.39 is 6.04 Å². The van der Waals surface area contributed by atoms with Crippen molar-refractivity contribution in [1.29, 1.82) is 0 Å². The van der Waals surface area contributed by atoms with E-state index in [-0.39, 0.29) is 36.5 Å². The van der Waals surface area contributed by atoms with Gasteiger partial charge < -0.3 is 16.0 Å². The molecule has 0 bridgehead atoms. The minimum absolute atomic E-state index is 0. The Morgan fingerprint density at radius 3 is 2.27 bits per heavy atom. The summed E-state index contributed by atoms with van der Waals surface area (Å²) < 4.78 is 12.9. The fourth-order valence-electron chi connectivity index (χ4n) is 2.39. The number of amides is 1. The van der Waals surface area contributed by atoms with Crippen LogP contribution in [0.3, 0.4) is 0 Å². The molecule has 0 aliphatic carbocycles. The van der Waals surface area contributed by atoms with E-state index in [9.17, 15) is 9.18 Å². The molecule has 0 aliphatic heterocycles. The van der Waals surface area contributed by atoms with Gasteiger partial charge >= 0.3 is 0 Å². The van der Waals surface area contributed by atoms with E-state index in [0.717, 1.165) is 16.7 Å². The second-order valence-electron chi connectivity index (χ2n) is 6.04. The van der Waals surface area contributed by atoms with E-state index in [1.54, 1.807) is 12.1 Å². The maximum atomic E-state index is 12.9. The summed E-state index contributed by atoms with van der Waals surface area (Å²) in [5.41, 5.74) is 8.95. The van der Waals surface area contributed by atoms with Crippen molar-refractivity contribution >= 4 is 30.7 Å². The van der Waals surface area contributed by atoms with Gasteiger partial charge in [0, 0.05) is 19.6 Å². The normalized spacial score (nSPS) is 11.3. The smallest absolute Gasteiger partial charge is 0.241 e. The molecule has 0 saturated carbocycles. The van der Waals surface area contributed by atoms with Crippen molar-refractivity contribution in [3.63, 3.8) is 0 Å². The third-order valence-corrected chi connectivity index (χ3v) is 3.88. The predicted molar refractivity (Wildman–Crippen MR) is 108 cm³/mol. The monoisotopic (exact) mass is 401 g/mol. The molecule has 1 amide bonds. The first-order valence-corrected chi connectivity index (χ1v) is 7.98. The fourth-order valence-corrected chi connectivity index (χ4v) is 2.39. The highest BCUT2D eigenvalue weighted by atomic mass is 35.5. The van der Waals surface area contributed by atoms with E-state index in [1.807, 2.05) is 38.2 Å². The molecule has 1 atom stereocenters. The molecular formula is C19H26Cl2FN3O. The van der Waals surface area contributed by atoms with Crippen LogP contribution in [0.4, 0.5) is 4.39 Å². The van der Waals surface area contributed by atoms with Crippen LogP contribution >= 0.6 is 24.8 Å². The van der Waals surface area contributed by atoms with Crippen LogP contribution in [-0.2, 0) is 11.3 Å². The molecule has 0 fully saturated rings. The number of likely N-dealkylation sites (N-methyl/N-ethyl adjacent to an activating group) is 1. The number of carbonyl (C=O) groups excluding carboxylic acids is 1. The van der Waals surface area contributed by atoms with Gasteiger partial charge in [-0.25, -0.2) is 4.39 Å². The van der Waals surface area contributed by atoms with Gasteiger partial charge in [-0.1, -0.05) is 42.0 Å². The number of hydrogen-bond acceptors (Lipinski definition) is 3. The maximum Gasteiger partial charge on any atom is 0.241 e.